The molecule has 0 radical (unpaired) electrons. The first-order valence-electron chi connectivity index (χ1n) is 10.5. The summed E-state index contributed by atoms with van der Waals surface area (Å²) in [7, 11) is 3.57. The molecule has 1 aromatic carbocycles. The van der Waals surface area contributed by atoms with E-state index in [1.165, 1.54) is 0 Å². The molecule has 2 saturated heterocycles. The number of guanidine groups is 1. The second-order valence-electron chi connectivity index (χ2n) is 8.12. The number of aliphatic imine (C=N–C) groups is 1. The number of methoxy groups -OCH3 is 1. The molecule has 0 aromatic heterocycles. The van der Waals surface area contributed by atoms with Crippen LogP contribution in [0.4, 0.5) is 0 Å². The zero-order valence-corrected chi connectivity index (χ0v) is 18.1. The van der Waals surface area contributed by atoms with Gasteiger partial charge in [0.25, 0.3) is 5.91 Å². The van der Waals surface area contributed by atoms with E-state index in [-0.39, 0.29) is 18.1 Å². The summed E-state index contributed by atoms with van der Waals surface area (Å²) in [6.07, 6.45) is 1.28. The zero-order valence-electron chi connectivity index (χ0n) is 18.1. The van der Waals surface area contributed by atoms with Crippen LogP contribution >= 0.6 is 0 Å². The van der Waals surface area contributed by atoms with Gasteiger partial charge in [-0.1, -0.05) is 12.1 Å². The topological polar surface area (TPSA) is 66.4 Å². The minimum absolute atomic E-state index is 0.0728. The van der Waals surface area contributed by atoms with E-state index in [4.69, 9.17) is 9.47 Å². The van der Waals surface area contributed by atoms with Crippen LogP contribution in [-0.4, -0.2) is 80.8 Å². The summed E-state index contributed by atoms with van der Waals surface area (Å²) in [4.78, 5) is 21.4. The van der Waals surface area contributed by atoms with Gasteiger partial charge in [0.2, 0.25) is 0 Å². The van der Waals surface area contributed by atoms with Crippen LogP contribution in [0.15, 0.2) is 29.3 Å². The van der Waals surface area contributed by atoms with E-state index in [1.54, 1.807) is 7.11 Å². The number of hydrogen-bond donors (Lipinski definition) is 1. The highest BCUT2D eigenvalue weighted by molar-refractivity contribution is 5.94. The maximum Gasteiger partial charge on any atom is 0.254 e. The van der Waals surface area contributed by atoms with Gasteiger partial charge in [0.15, 0.2) is 5.96 Å². The highest BCUT2D eigenvalue weighted by atomic mass is 16.5. The monoisotopic (exact) mass is 402 g/mol. The zero-order chi connectivity index (χ0) is 20.8. The predicted molar refractivity (Wildman–Crippen MR) is 114 cm³/mol. The van der Waals surface area contributed by atoms with E-state index in [9.17, 15) is 4.79 Å². The Morgan fingerprint density at radius 3 is 2.48 bits per heavy atom. The van der Waals surface area contributed by atoms with Crippen LogP contribution in [0.3, 0.4) is 0 Å². The SMILES string of the molecule is CN=C(NCc1ccc(C(=O)N2CC(C)OC(C)C2)cc1)N1CCC(COC)C1. The number of morpholine rings is 1. The molecule has 0 spiro atoms. The Kier molecular flexibility index (Phi) is 7.50. The molecule has 2 aliphatic heterocycles. The molecule has 2 heterocycles. The second kappa shape index (κ2) is 10.1. The van der Waals surface area contributed by atoms with Gasteiger partial charge in [-0.3, -0.25) is 9.79 Å². The van der Waals surface area contributed by atoms with Crippen molar-refractivity contribution in [3.8, 4) is 0 Å². The minimum atomic E-state index is 0.0728. The number of nitrogens with zero attached hydrogens (tertiary/aromatic N) is 3. The number of benzene rings is 1. The van der Waals surface area contributed by atoms with Gasteiger partial charge in [0.1, 0.15) is 0 Å². The lowest BCUT2D eigenvalue weighted by Gasteiger charge is -2.35. The molecule has 29 heavy (non-hydrogen) atoms. The Morgan fingerprint density at radius 1 is 1.17 bits per heavy atom. The largest absolute Gasteiger partial charge is 0.384 e. The lowest BCUT2D eigenvalue weighted by atomic mass is 10.1. The van der Waals surface area contributed by atoms with Crippen molar-refractivity contribution in [2.24, 2.45) is 10.9 Å². The fourth-order valence-corrected chi connectivity index (χ4v) is 4.20. The van der Waals surface area contributed by atoms with Crippen molar-refractivity contribution < 1.29 is 14.3 Å². The summed E-state index contributed by atoms with van der Waals surface area (Å²) in [6, 6.07) is 7.85. The van der Waals surface area contributed by atoms with E-state index in [1.807, 2.05) is 50.1 Å². The molecule has 7 nitrogen and oxygen atoms in total. The second-order valence-corrected chi connectivity index (χ2v) is 8.12. The molecule has 2 aliphatic rings. The van der Waals surface area contributed by atoms with Gasteiger partial charge in [0, 0.05) is 58.4 Å². The van der Waals surface area contributed by atoms with Crippen molar-refractivity contribution in [2.45, 2.75) is 39.0 Å². The van der Waals surface area contributed by atoms with Crippen LogP contribution in [0.5, 0.6) is 0 Å². The number of carbonyl (C=O) groups excluding carboxylic acids is 1. The average Bonchev–Trinajstić information content (AvgIpc) is 3.16. The number of carbonyl (C=O) groups is 1. The van der Waals surface area contributed by atoms with E-state index in [2.05, 4.69) is 15.2 Å². The minimum Gasteiger partial charge on any atom is -0.384 e. The molecule has 1 N–H and O–H groups in total. The van der Waals surface area contributed by atoms with Crippen LogP contribution in [0, 0.1) is 5.92 Å². The molecule has 2 fully saturated rings. The summed E-state index contributed by atoms with van der Waals surface area (Å²) >= 11 is 0. The molecular formula is C22H34N4O3. The van der Waals surface area contributed by atoms with Gasteiger partial charge in [-0.15, -0.1) is 0 Å². The summed E-state index contributed by atoms with van der Waals surface area (Å²) in [6.45, 7) is 8.74. The first kappa shape index (κ1) is 21.6. The number of likely N-dealkylation sites (tertiary alicyclic amines) is 1. The quantitative estimate of drug-likeness (QED) is 0.603. The van der Waals surface area contributed by atoms with Crippen molar-refractivity contribution in [2.75, 3.05) is 46.9 Å². The summed E-state index contributed by atoms with van der Waals surface area (Å²) in [5.41, 5.74) is 1.85. The fourth-order valence-electron chi connectivity index (χ4n) is 4.20. The number of ether oxygens (including phenoxy) is 2. The smallest absolute Gasteiger partial charge is 0.254 e. The highest BCUT2D eigenvalue weighted by Crippen LogP contribution is 2.17. The average molecular weight is 403 g/mol. The molecule has 3 unspecified atom stereocenters. The summed E-state index contributed by atoms with van der Waals surface area (Å²) in [5, 5.41) is 3.44. The van der Waals surface area contributed by atoms with Crippen molar-refractivity contribution in [1.29, 1.82) is 0 Å². The molecule has 1 aromatic rings. The Hall–Kier alpha value is -2.12. The molecule has 3 atom stereocenters. The normalized spacial score (nSPS) is 25.4. The number of amides is 1. The Bertz CT molecular complexity index is 697. The molecule has 0 aliphatic carbocycles. The maximum atomic E-state index is 12.8. The van der Waals surface area contributed by atoms with Gasteiger partial charge >= 0.3 is 0 Å². The lowest BCUT2D eigenvalue weighted by Crippen LogP contribution is -2.48. The highest BCUT2D eigenvalue weighted by Gasteiger charge is 2.27. The first-order valence-corrected chi connectivity index (χ1v) is 10.5. The van der Waals surface area contributed by atoms with Crippen molar-refractivity contribution in [1.82, 2.24) is 15.1 Å². The van der Waals surface area contributed by atoms with Gasteiger partial charge in [-0.25, -0.2) is 0 Å². The molecule has 0 bridgehead atoms. The Morgan fingerprint density at radius 2 is 1.86 bits per heavy atom. The van der Waals surface area contributed by atoms with Crippen LogP contribution in [0.1, 0.15) is 36.2 Å². The Balaban J connectivity index is 1.53. The fraction of sp³-hybridized carbons (Fsp3) is 0.636. The van der Waals surface area contributed by atoms with E-state index >= 15 is 0 Å². The summed E-state index contributed by atoms with van der Waals surface area (Å²) < 4.78 is 11.0. The lowest BCUT2D eigenvalue weighted by molar-refractivity contribution is -0.0586. The predicted octanol–water partition coefficient (Wildman–Crippen LogP) is 1.98. The van der Waals surface area contributed by atoms with Gasteiger partial charge in [0.05, 0.1) is 18.8 Å². The molecular weight excluding hydrogens is 368 g/mol. The molecule has 3 rings (SSSR count). The van der Waals surface area contributed by atoms with Crippen LogP contribution < -0.4 is 5.32 Å². The van der Waals surface area contributed by atoms with Crippen molar-refractivity contribution in [3.05, 3.63) is 35.4 Å². The third kappa shape index (κ3) is 5.70. The number of hydrogen-bond acceptors (Lipinski definition) is 4. The van der Waals surface area contributed by atoms with Gasteiger partial charge in [-0.2, -0.15) is 0 Å². The standard InChI is InChI=1S/C22H34N4O3/c1-16-12-26(13-17(2)29-16)21(27)20-7-5-18(6-8-20)11-24-22(23-3)25-10-9-19(14-25)15-28-4/h5-8,16-17,19H,9-15H2,1-4H3,(H,23,24). The van der Waals surface area contributed by atoms with Crippen LogP contribution in [-0.2, 0) is 16.0 Å². The van der Waals surface area contributed by atoms with Gasteiger partial charge < -0.3 is 24.6 Å². The third-order valence-corrected chi connectivity index (χ3v) is 5.56. The molecule has 0 saturated carbocycles. The summed E-state index contributed by atoms with van der Waals surface area (Å²) in [5.74, 6) is 1.55. The van der Waals surface area contributed by atoms with Crippen molar-refractivity contribution in [3.63, 3.8) is 0 Å². The number of nitrogens with one attached hydrogen (secondary N) is 1. The molecule has 7 heteroatoms. The number of rotatable bonds is 5. The van der Waals surface area contributed by atoms with E-state index in [0.717, 1.165) is 43.2 Å². The third-order valence-electron chi connectivity index (χ3n) is 5.56. The van der Waals surface area contributed by atoms with E-state index in [0.29, 0.717) is 25.6 Å². The van der Waals surface area contributed by atoms with Crippen LogP contribution in [0.2, 0.25) is 0 Å². The Labute approximate surface area is 174 Å². The molecule has 160 valence electrons. The first-order chi connectivity index (χ1) is 14.0. The van der Waals surface area contributed by atoms with Gasteiger partial charge in [-0.05, 0) is 38.0 Å². The van der Waals surface area contributed by atoms with E-state index < -0.39 is 0 Å². The van der Waals surface area contributed by atoms with Crippen LogP contribution in [0.25, 0.3) is 0 Å². The molecule has 1 amide bonds. The van der Waals surface area contributed by atoms with Crippen molar-refractivity contribution >= 4 is 11.9 Å². The maximum absolute atomic E-state index is 12.8.